The third-order valence-corrected chi connectivity index (χ3v) is 6.34. The zero-order valence-electron chi connectivity index (χ0n) is 12.4. The smallest absolute Gasteiger partial charge is 0.249 e. The van der Waals surface area contributed by atoms with Crippen molar-refractivity contribution >= 4 is 23.6 Å². The highest BCUT2D eigenvalue weighted by atomic mass is 32.2. The molecule has 2 aliphatic carbocycles. The number of hydrogen-bond donors (Lipinski definition) is 1. The number of amides is 2. The van der Waals surface area contributed by atoms with E-state index in [9.17, 15) is 9.59 Å². The Morgan fingerprint density at radius 1 is 1.20 bits per heavy atom. The SMILES string of the molecule is CSC1CCCCC1N1CC(=O)NC(C)(C2CC2)C1=O. The molecule has 0 aromatic carbocycles. The maximum atomic E-state index is 12.9. The predicted molar refractivity (Wildman–Crippen MR) is 80.5 cm³/mol. The molecule has 3 unspecified atom stereocenters. The van der Waals surface area contributed by atoms with Crippen LogP contribution in [0.2, 0.25) is 0 Å². The summed E-state index contributed by atoms with van der Waals surface area (Å²) in [6.07, 6.45) is 8.88. The van der Waals surface area contributed by atoms with Gasteiger partial charge in [0.05, 0.1) is 6.54 Å². The summed E-state index contributed by atoms with van der Waals surface area (Å²) >= 11 is 1.85. The molecule has 3 rings (SSSR count). The summed E-state index contributed by atoms with van der Waals surface area (Å²) in [7, 11) is 0. The van der Waals surface area contributed by atoms with Gasteiger partial charge in [-0.2, -0.15) is 11.8 Å². The molecule has 4 nitrogen and oxygen atoms in total. The lowest BCUT2D eigenvalue weighted by Gasteiger charge is -2.46. The van der Waals surface area contributed by atoms with Crippen LogP contribution in [0, 0.1) is 5.92 Å². The van der Waals surface area contributed by atoms with Gasteiger partial charge in [0.1, 0.15) is 5.54 Å². The Balaban J connectivity index is 1.83. The maximum Gasteiger partial charge on any atom is 0.249 e. The number of thioether (sulfide) groups is 1. The average Bonchev–Trinajstić information content (AvgIpc) is 3.27. The first-order valence-corrected chi connectivity index (χ1v) is 9.00. The Bertz CT molecular complexity index is 424. The van der Waals surface area contributed by atoms with Crippen molar-refractivity contribution in [3.05, 3.63) is 0 Å². The van der Waals surface area contributed by atoms with Crippen molar-refractivity contribution in [2.24, 2.45) is 5.92 Å². The molecule has 0 aromatic heterocycles. The van der Waals surface area contributed by atoms with Crippen LogP contribution < -0.4 is 5.32 Å². The second-order valence-corrected chi connectivity index (χ2v) is 7.66. The molecular formula is C15H24N2O2S. The van der Waals surface area contributed by atoms with Gasteiger partial charge in [-0.3, -0.25) is 9.59 Å². The minimum absolute atomic E-state index is 0.0180. The lowest BCUT2D eigenvalue weighted by atomic mass is 9.87. The van der Waals surface area contributed by atoms with Crippen LogP contribution in [-0.4, -0.2) is 46.3 Å². The topological polar surface area (TPSA) is 49.4 Å². The molecular weight excluding hydrogens is 272 g/mol. The highest BCUT2D eigenvalue weighted by molar-refractivity contribution is 7.99. The number of nitrogens with zero attached hydrogens (tertiary/aromatic N) is 1. The molecule has 2 saturated carbocycles. The van der Waals surface area contributed by atoms with E-state index < -0.39 is 5.54 Å². The second kappa shape index (κ2) is 5.24. The molecule has 0 radical (unpaired) electrons. The van der Waals surface area contributed by atoms with Crippen LogP contribution in [-0.2, 0) is 9.59 Å². The van der Waals surface area contributed by atoms with Crippen molar-refractivity contribution in [1.82, 2.24) is 10.2 Å². The van der Waals surface area contributed by atoms with Gasteiger partial charge in [-0.1, -0.05) is 12.8 Å². The number of carbonyl (C=O) groups is 2. The van der Waals surface area contributed by atoms with Crippen LogP contribution in [0.5, 0.6) is 0 Å². The van der Waals surface area contributed by atoms with Gasteiger partial charge in [-0.15, -0.1) is 0 Å². The summed E-state index contributed by atoms with van der Waals surface area (Å²) in [5.74, 6) is 0.521. The highest BCUT2D eigenvalue weighted by Gasteiger charge is 2.54. The van der Waals surface area contributed by atoms with Crippen LogP contribution in [0.4, 0.5) is 0 Å². The quantitative estimate of drug-likeness (QED) is 0.864. The number of piperazine rings is 1. The van der Waals surface area contributed by atoms with Crippen molar-refractivity contribution < 1.29 is 9.59 Å². The number of rotatable bonds is 3. The van der Waals surface area contributed by atoms with E-state index in [1.807, 2.05) is 23.6 Å². The molecule has 3 fully saturated rings. The van der Waals surface area contributed by atoms with E-state index in [0.717, 1.165) is 25.7 Å². The monoisotopic (exact) mass is 296 g/mol. The molecule has 3 atom stereocenters. The largest absolute Gasteiger partial charge is 0.340 e. The summed E-state index contributed by atoms with van der Waals surface area (Å²) in [4.78, 5) is 26.9. The first kappa shape index (κ1) is 14.2. The van der Waals surface area contributed by atoms with Crippen LogP contribution in [0.3, 0.4) is 0 Å². The molecule has 1 heterocycles. The third-order valence-electron chi connectivity index (χ3n) is 5.18. The fourth-order valence-electron chi connectivity index (χ4n) is 3.82. The molecule has 5 heteroatoms. The molecule has 1 aliphatic heterocycles. The summed E-state index contributed by atoms with van der Waals surface area (Å²) in [6, 6.07) is 0.246. The molecule has 1 saturated heterocycles. The van der Waals surface area contributed by atoms with Gasteiger partial charge in [0, 0.05) is 11.3 Å². The third kappa shape index (κ3) is 2.34. The van der Waals surface area contributed by atoms with E-state index in [2.05, 4.69) is 11.6 Å². The Morgan fingerprint density at radius 3 is 2.55 bits per heavy atom. The van der Waals surface area contributed by atoms with E-state index in [1.54, 1.807) is 0 Å². The molecule has 0 bridgehead atoms. The zero-order valence-corrected chi connectivity index (χ0v) is 13.2. The van der Waals surface area contributed by atoms with Crippen LogP contribution in [0.1, 0.15) is 45.4 Å². The normalized spacial score (nSPS) is 38.8. The van der Waals surface area contributed by atoms with Gasteiger partial charge in [0.25, 0.3) is 0 Å². The highest BCUT2D eigenvalue weighted by Crippen LogP contribution is 2.43. The molecule has 2 amide bonds. The standard InChI is InChI=1S/C15H24N2O2S/c1-15(10-7-8-10)14(19)17(9-13(18)16-15)11-5-3-4-6-12(11)20-2/h10-12H,3-9H2,1-2H3,(H,16,18). The minimum atomic E-state index is -0.643. The fraction of sp³-hybridized carbons (Fsp3) is 0.867. The molecule has 0 spiro atoms. The van der Waals surface area contributed by atoms with Crippen molar-refractivity contribution in [1.29, 1.82) is 0 Å². The number of hydrogen-bond acceptors (Lipinski definition) is 3. The maximum absolute atomic E-state index is 12.9. The average molecular weight is 296 g/mol. The summed E-state index contributed by atoms with van der Waals surface area (Å²) in [5, 5.41) is 3.46. The predicted octanol–water partition coefficient (Wildman–Crippen LogP) is 1.79. The van der Waals surface area contributed by atoms with Crippen molar-refractivity contribution in [3.8, 4) is 0 Å². The molecule has 20 heavy (non-hydrogen) atoms. The van der Waals surface area contributed by atoms with Gasteiger partial charge in [0.15, 0.2) is 0 Å². The van der Waals surface area contributed by atoms with E-state index >= 15 is 0 Å². The van der Waals surface area contributed by atoms with Gasteiger partial charge >= 0.3 is 0 Å². The Kier molecular flexibility index (Phi) is 3.73. The van der Waals surface area contributed by atoms with Crippen molar-refractivity contribution in [2.45, 2.75) is 62.3 Å². The first-order valence-electron chi connectivity index (χ1n) is 7.71. The van der Waals surface area contributed by atoms with Crippen molar-refractivity contribution in [2.75, 3.05) is 12.8 Å². The number of nitrogens with one attached hydrogen (secondary N) is 1. The van der Waals surface area contributed by atoms with E-state index in [1.165, 1.54) is 12.8 Å². The molecule has 3 aliphatic rings. The van der Waals surface area contributed by atoms with Gasteiger partial charge in [-0.05, 0) is 44.8 Å². The van der Waals surface area contributed by atoms with Gasteiger partial charge in [0.2, 0.25) is 11.8 Å². The summed E-state index contributed by atoms with van der Waals surface area (Å²) < 4.78 is 0. The van der Waals surface area contributed by atoms with E-state index in [-0.39, 0.29) is 24.4 Å². The lowest BCUT2D eigenvalue weighted by Crippen LogP contribution is -2.69. The van der Waals surface area contributed by atoms with Gasteiger partial charge < -0.3 is 10.2 Å². The summed E-state index contributed by atoms with van der Waals surface area (Å²) in [6.45, 7) is 2.18. The van der Waals surface area contributed by atoms with Crippen LogP contribution in [0.25, 0.3) is 0 Å². The minimum Gasteiger partial charge on any atom is -0.340 e. The molecule has 0 aromatic rings. The Labute approximate surface area is 125 Å². The first-order chi connectivity index (χ1) is 9.56. The molecule has 112 valence electrons. The Morgan fingerprint density at radius 2 is 1.90 bits per heavy atom. The zero-order chi connectivity index (χ0) is 14.3. The second-order valence-electron chi connectivity index (χ2n) is 6.58. The van der Waals surface area contributed by atoms with Gasteiger partial charge in [-0.25, -0.2) is 0 Å². The van der Waals surface area contributed by atoms with Crippen molar-refractivity contribution in [3.63, 3.8) is 0 Å². The van der Waals surface area contributed by atoms with E-state index in [0.29, 0.717) is 11.2 Å². The van der Waals surface area contributed by atoms with Crippen LogP contribution in [0.15, 0.2) is 0 Å². The number of carbonyl (C=O) groups excluding carboxylic acids is 2. The Hall–Kier alpha value is -0.710. The molecule has 1 N–H and O–H groups in total. The van der Waals surface area contributed by atoms with E-state index in [4.69, 9.17) is 0 Å². The summed E-state index contributed by atoms with van der Waals surface area (Å²) in [5.41, 5.74) is -0.643. The lowest BCUT2D eigenvalue weighted by molar-refractivity contribution is -0.153. The fourth-order valence-corrected chi connectivity index (χ4v) is 4.82. The van der Waals surface area contributed by atoms with Crippen LogP contribution >= 0.6 is 11.8 Å².